The second-order valence-corrected chi connectivity index (χ2v) is 5.13. The third-order valence-corrected chi connectivity index (χ3v) is 3.41. The molecule has 2 N–H and O–H groups in total. The van der Waals surface area contributed by atoms with Crippen LogP contribution in [0.5, 0.6) is 0 Å². The quantitative estimate of drug-likeness (QED) is 0.588. The van der Waals surface area contributed by atoms with Crippen LogP contribution in [0.25, 0.3) is 10.9 Å². The summed E-state index contributed by atoms with van der Waals surface area (Å²) in [6.45, 7) is 1.91. The lowest BCUT2D eigenvalue weighted by Gasteiger charge is -2.13. The van der Waals surface area contributed by atoms with E-state index in [0.29, 0.717) is 16.5 Å². The average molecular weight is 342 g/mol. The van der Waals surface area contributed by atoms with Crippen LogP contribution in [0.4, 0.5) is 0 Å². The molecule has 2 aromatic rings. The number of amides is 1. The summed E-state index contributed by atoms with van der Waals surface area (Å²) in [6, 6.07) is 7.46. The van der Waals surface area contributed by atoms with Gasteiger partial charge in [-0.25, -0.2) is 9.59 Å². The van der Waals surface area contributed by atoms with Crippen LogP contribution in [-0.2, 0) is 14.3 Å². The van der Waals surface area contributed by atoms with Gasteiger partial charge >= 0.3 is 11.9 Å². The lowest BCUT2D eigenvalue weighted by atomic mass is 10.1. The van der Waals surface area contributed by atoms with Crippen LogP contribution in [0.1, 0.15) is 23.7 Å². The van der Waals surface area contributed by atoms with E-state index in [1.54, 1.807) is 31.2 Å². The summed E-state index contributed by atoms with van der Waals surface area (Å²) in [4.78, 5) is 39.2. The number of hydrogen-bond acceptors (Lipinski definition) is 5. The zero-order chi connectivity index (χ0) is 18.2. The summed E-state index contributed by atoms with van der Waals surface area (Å²) in [5, 5.41) is 12.4. The van der Waals surface area contributed by atoms with E-state index in [-0.39, 0.29) is 13.0 Å². The van der Waals surface area contributed by atoms with Gasteiger partial charge in [0, 0.05) is 17.7 Å². The van der Waals surface area contributed by atoms with Crippen molar-refractivity contribution >= 4 is 28.7 Å². The van der Waals surface area contributed by atoms with Gasteiger partial charge in [-0.3, -0.25) is 9.78 Å². The van der Waals surface area contributed by atoms with Gasteiger partial charge in [0.25, 0.3) is 5.91 Å². The Bertz CT molecular complexity index is 811. The van der Waals surface area contributed by atoms with Crippen LogP contribution < -0.4 is 5.32 Å². The number of fused-ring (bicyclic) bond motifs is 1. The largest absolute Gasteiger partial charge is 0.480 e. The van der Waals surface area contributed by atoms with Gasteiger partial charge in [0.15, 0.2) is 0 Å². The number of aromatic nitrogens is 1. The monoisotopic (exact) mass is 342 g/mol. The first-order chi connectivity index (χ1) is 12.0. The molecule has 0 spiro atoms. The summed E-state index contributed by atoms with van der Waals surface area (Å²) in [5.74, 6) is -2.27. The van der Waals surface area contributed by atoms with Crippen molar-refractivity contribution < 1.29 is 24.2 Å². The molecule has 0 saturated heterocycles. The van der Waals surface area contributed by atoms with Crippen molar-refractivity contribution in [1.29, 1.82) is 0 Å². The molecule has 1 amide bonds. The van der Waals surface area contributed by atoms with Gasteiger partial charge in [-0.2, -0.15) is 0 Å². The Hall–Kier alpha value is -3.22. The van der Waals surface area contributed by atoms with Gasteiger partial charge in [0.1, 0.15) is 6.04 Å². The summed E-state index contributed by atoms with van der Waals surface area (Å²) in [5.41, 5.74) is 0.982. The summed E-state index contributed by atoms with van der Waals surface area (Å²) >= 11 is 0. The first-order valence-corrected chi connectivity index (χ1v) is 7.73. The van der Waals surface area contributed by atoms with Crippen LogP contribution >= 0.6 is 0 Å². The van der Waals surface area contributed by atoms with E-state index in [9.17, 15) is 19.5 Å². The lowest BCUT2D eigenvalue weighted by molar-refractivity contribution is -0.139. The highest BCUT2D eigenvalue weighted by atomic mass is 16.5. The number of carboxylic acid groups (broad SMARTS) is 1. The zero-order valence-corrected chi connectivity index (χ0v) is 13.6. The smallest absolute Gasteiger partial charge is 0.330 e. The fourth-order valence-electron chi connectivity index (χ4n) is 2.24. The van der Waals surface area contributed by atoms with Crippen molar-refractivity contribution in [2.24, 2.45) is 0 Å². The average Bonchev–Trinajstić information content (AvgIpc) is 2.60. The molecule has 0 bridgehead atoms. The SMILES string of the molecule is CCOC(=O)/C=C/C[C@@H](NC(=O)c1ccnc2ccccc12)C(=O)O. The van der Waals surface area contributed by atoms with E-state index < -0.39 is 23.9 Å². The number of carbonyl (C=O) groups is 3. The first kappa shape index (κ1) is 18.1. The standard InChI is InChI=1S/C18H18N2O5/c1-2-25-16(21)9-5-8-15(18(23)24)20-17(22)13-10-11-19-14-7-4-3-6-12(13)14/h3-7,9-11,15H,2,8H2,1H3,(H,20,22)(H,23,24)/b9-5+/t15-/m1/s1. The van der Waals surface area contributed by atoms with E-state index in [1.807, 2.05) is 0 Å². The van der Waals surface area contributed by atoms with Crippen molar-refractivity contribution in [3.63, 3.8) is 0 Å². The lowest BCUT2D eigenvalue weighted by Crippen LogP contribution is -2.40. The summed E-state index contributed by atoms with van der Waals surface area (Å²) < 4.78 is 4.72. The van der Waals surface area contributed by atoms with Crippen LogP contribution in [0.2, 0.25) is 0 Å². The number of pyridine rings is 1. The van der Waals surface area contributed by atoms with Gasteiger partial charge in [-0.1, -0.05) is 24.3 Å². The van der Waals surface area contributed by atoms with Gasteiger partial charge in [0.05, 0.1) is 17.7 Å². The summed E-state index contributed by atoms with van der Waals surface area (Å²) in [7, 11) is 0. The van der Waals surface area contributed by atoms with E-state index in [0.717, 1.165) is 6.08 Å². The molecule has 7 nitrogen and oxygen atoms in total. The van der Waals surface area contributed by atoms with Crippen LogP contribution in [0.15, 0.2) is 48.7 Å². The first-order valence-electron chi connectivity index (χ1n) is 7.73. The van der Waals surface area contributed by atoms with Gasteiger partial charge < -0.3 is 15.2 Å². The molecule has 0 aliphatic heterocycles. The molecule has 2 rings (SSSR count). The van der Waals surface area contributed by atoms with Gasteiger partial charge in [-0.05, 0) is 25.5 Å². The number of carboxylic acids is 1. The highest BCUT2D eigenvalue weighted by Crippen LogP contribution is 2.16. The fraction of sp³-hybridized carbons (Fsp3) is 0.222. The molecule has 0 unspecified atom stereocenters. The molecule has 1 atom stereocenters. The molecular formula is C18H18N2O5. The highest BCUT2D eigenvalue weighted by Gasteiger charge is 2.20. The minimum Gasteiger partial charge on any atom is -0.480 e. The minimum atomic E-state index is -1.19. The van der Waals surface area contributed by atoms with Crippen molar-refractivity contribution in [2.45, 2.75) is 19.4 Å². The van der Waals surface area contributed by atoms with Gasteiger partial charge in [0.2, 0.25) is 0 Å². The normalized spacial score (nSPS) is 12.0. The van der Waals surface area contributed by atoms with E-state index >= 15 is 0 Å². The fourth-order valence-corrected chi connectivity index (χ4v) is 2.24. The zero-order valence-electron chi connectivity index (χ0n) is 13.6. The Balaban J connectivity index is 2.12. The number of nitrogens with zero attached hydrogens (tertiary/aromatic N) is 1. The molecule has 0 aliphatic carbocycles. The topological polar surface area (TPSA) is 106 Å². The molecule has 1 heterocycles. The number of rotatable bonds is 7. The van der Waals surface area contributed by atoms with Crippen LogP contribution in [0, 0.1) is 0 Å². The van der Waals surface area contributed by atoms with Crippen molar-refractivity contribution in [1.82, 2.24) is 10.3 Å². The van der Waals surface area contributed by atoms with E-state index in [4.69, 9.17) is 4.74 Å². The van der Waals surface area contributed by atoms with E-state index in [2.05, 4.69) is 10.3 Å². The second kappa shape index (κ2) is 8.58. The molecular weight excluding hydrogens is 324 g/mol. The number of carbonyl (C=O) groups excluding carboxylic acids is 2. The Labute approximate surface area is 144 Å². The molecule has 1 aromatic heterocycles. The molecule has 7 heteroatoms. The maximum atomic E-state index is 12.5. The number of ether oxygens (including phenoxy) is 1. The summed E-state index contributed by atoms with van der Waals surface area (Å²) in [6.07, 6.45) is 3.96. The molecule has 0 saturated carbocycles. The van der Waals surface area contributed by atoms with E-state index in [1.165, 1.54) is 18.3 Å². The maximum absolute atomic E-state index is 12.5. The molecule has 0 aliphatic rings. The van der Waals surface area contributed by atoms with Crippen LogP contribution in [-0.4, -0.2) is 40.6 Å². The van der Waals surface area contributed by atoms with Crippen LogP contribution in [0.3, 0.4) is 0 Å². The number of aliphatic carboxylic acids is 1. The molecule has 0 fully saturated rings. The number of nitrogens with one attached hydrogen (secondary N) is 1. The Morgan fingerprint density at radius 1 is 1.28 bits per heavy atom. The Morgan fingerprint density at radius 2 is 2.04 bits per heavy atom. The number of para-hydroxylation sites is 1. The Morgan fingerprint density at radius 3 is 2.76 bits per heavy atom. The molecule has 130 valence electrons. The Kier molecular flexibility index (Phi) is 6.22. The second-order valence-electron chi connectivity index (χ2n) is 5.13. The van der Waals surface area contributed by atoms with Crippen molar-refractivity contribution in [3.05, 3.63) is 54.2 Å². The number of hydrogen-bond donors (Lipinski definition) is 2. The minimum absolute atomic E-state index is 0.0388. The van der Waals surface area contributed by atoms with Crippen molar-refractivity contribution in [3.8, 4) is 0 Å². The molecule has 1 aromatic carbocycles. The molecule has 25 heavy (non-hydrogen) atoms. The number of benzene rings is 1. The van der Waals surface area contributed by atoms with Gasteiger partial charge in [-0.15, -0.1) is 0 Å². The molecule has 0 radical (unpaired) electrons. The third-order valence-electron chi connectivity index (χ3n) is 3.41. The maximum Gasteiger partial charge on any atom is 0.330 e. The number of esters is 1. The third kappa shape index (κ3) is 4.87. The van der Waals surface area contributed by atoms with Crippen molar-refractivity contribution in [2.75, 3.05) is 6.61 Å². The highest BCUT2D eigenvalue weighted by molar-refractivity contribution is 6.06. The predicted octanol–water partition coefficient (Wildman–Crippen LogP) is 1.93. The predicted molar refractivity (Wildman–Crippen MR) is 91.0 cm³/mol.